The Morgan fingerprint density at radius 2 is 1.88 bits per heavy atom. The highest BCUT2D eigenvalue weighted by atomic mass is 35.5. The molecule has 0 N–H and O–H groups in total. The van der Waals surface area contributed by atoms with Crippen molar-refractivity contribution in [2.24, 2.45) is 0 Å². The third kappa shape index (κ3) is 3.71. The SMILES string of the molecule is Clc1ccc(CSc2nnc(C3COc4ccccc4O3)o2)cc1Cl. The number of fused-ring (bicyclic) bond motifs is 1. The van der Waals surface area contributed by atoms with E-state index in [2.05, 4.69) is 10.2 Å². The minimum absolute atomic E-state index is 0.329. The summed E-state index contributed by atoms with van der Waals surface area (Å²) in [5.74, 6) is 2.42. The molecule has 1 atom stereocenters. The van der Waals surface area contributed by atoms with Crippen LogP contribution in [0.5, 0.6) is 11.5 Å². The van der Waals surface area contributed by atoms with Crippen LogP contribution < -0.4 is 9.47 Å². The average Bonchev–Trinajstić information content (AvgIpc) is 3.11. The molecule has 8 heteroatoms. The zero-order valence-corrected chi connectivity index (χ0v) is 15.1. The molecule has 0 saturated carbocycles. The molecule has 0 amide bonds. The van der Waals surface area contributed by atoms with Crippen molar-refractivity contribution in [3.63, 3.8) is 0 Å². The van der Waals surface area contributed by atoms with Gasteiger partial charge in [-0.2, -0.15) is 0 Å². The van der Waals surface area contributed by atoms with Gasteiger partial charge < -0.3 is 13.9 Å². The largest absolute Gasteiger partial charge is 0.485 e. The van der Waals surface area contributed by atoms with E-state index in [1.54, 1.807) is 6.07 Å². The first-order valence-corrected chi connectivity index (χ1v) is 9.22. The predicted molar refractivity (Wildman–Crippen MR) is 95.6 cm³/mol. The molecule has 1 aliphatic rings. The minimum atomic E-state index is -0.415. The average molecular weight is 395 g/mol. The molecule has 2 heterocycles. The van der Waals surface area contributed by atoms with Gasteiger partial charge in [-0.25, -0.2) is 0 Å². The van der Waals surface area contributed by atoms with E-state index in [-0.39, 0.29) is 0 Å². The van der Waals surface area contributed by atoms with Crippen LogP contribution in [0.25, 0.3) is 0 Å². The molecular weight excluding hydrogens is 383 g/mol. The summed E-state index contributed by atoms with van der Waals surface area (Å²) in [5.41, 5.74) is 1.02. The Morgan fingerprint density at radius 1 is 1.04 bits per heavy atom. The second kappa shape index (κ2) is 7.15. The number of halogens is 2. The highest BCUT2D eigenvalue weighted by Crippen LogP contribution is 2.36. The molecule has 0 spiro atoms. The van der Waals surface area contributed by atoms with E-state index < -0.39 is 6.10 Å². The first-order chi connectivity index (χ1) is 12.2. The van der Waals surface area contributed by atoms with Crippen LogP contribution in [0.15, 0.2) is 52.1 Å². The van der Waals surface area contributed by atoms with Crippen LogP contribution in [-0.4, -0.2) is 16.8 Å². The van der Waals surface area contributed by atoms with Crippen molar-refractivity contribution in [2.75, 3.05) is 6.61 Å². The molecule has 25 heavy (non-hydrogen) atoms. The molecule has 1 aromatic heterocycles. The van der Waals surface area contributed by atoms with E-state index in [9.17, 15) is 0 Å². The van der Waals surface area contributed by atoms with Crippen molar-refractivity contribution in [2.45, 2.75) is 17.1 Å². The van der Waals surface area contributed by atoms with Crippen molar-refractivity contribution in [1.29, 1.82) is 0 Å². The van der Waals surface area contributed by atoms with Gasteiger partial charge in [-0.15, -0.1) is 10.2 Å². The Labute approximate surface area is 158 Å². The molecular formula is C17H12Cl2N2O3S. The number of nitrogens with zero attached hydrogens (tertiary/aromatic N) is 2. The van der Waals surface area contributed by atoms with Crippen molar-refractivity contribution < 1.29 is 13.9 Å². The van der Waals surface area contributed by atoms with Gasteiger partial charge in [0.25, 0.3) is 11.1 Å². The van der Waals surface area contributed by atoms with Crippen molar-refractivity contribution in [3.05, 3.63) is 64.0 Å². The fraction of sp³-hybridized carbons (Fsp3) is 0.176. The molecule has 0 saturated heterocycles. The molecule has 2 aromatic carbocycles. The Morgan fingerprint density at radius 3 is 2.72 bits per heavy atom. The monoisotopic (exact) mass is 394 g/mol. The molecule has 0 fully saturated rings. The molecule has 1 aliphatic heterocycles. The van der Waals surface area contributed by atoms with Gasteiger partial charge in [0.2, 0.25) is 6.10 Å². The topological polar surface area (TPSA) is 57.4 Å². The van der Waals surface area contributed by atoms with Gasteiger partial charge in [0, 0.05) is 5.75 Å². The molecule has 128 valence electrons. The second-order valence-electron chi connectivity index (χ2n) is 5.31. The lowest BCUT2D eigenvalue weighted by atomic mass is 10.2. The number of hydrogen-bond donors (Lipinski definition) is 0. The zero-order valence-electron chi connectivity index (χ0n) is 12.8. The number of benzene rings is 2. The van der Waals surface area contributed by atoms with Crippen LogP contribution >= 0.6 is 35.0 Å². The quantitative estimate of drug-likeness (QED) is 0.568. The summed E-state index contributed by atoms with van der Waals surface area (Å²) in [4.78, 5) is 0. The summed E-state index contributed by atoms with van der Waals surface area (Å²) >= 11 is 13.4. The van der Waals surface area contributed by atoms with Crippen LogP contribution in [0.2, 0.25) is 10.0 Å². The van der Waals surface area contributed by atoms with E-state index in [1.807, 2.05) is 36.4 Å². The third-order valence-corrected chi connectivity index (χ3v) is 5.18. The Kier molecular flexibility index (Phi) is 4.74. The van der Waals surface area contributed by atoms with Crippen molar-refractivity contribution >= 4 is 35.0 Å². The molecule has 4 rings (SSSR count). The highest BCUT2D eigenvalue weighted by molar-refractivity contribution is 7.98. The normalized spacial score (nSPS) is 16.0. The summed E-state index contributed by atoms with van der Waals surface area (Å²) in [7, 11) is 0. The van der Waals surface area contributed by atoms with Crippen molar-refractivity contribution in [3.8, 4) is 11.5 Å². The summed E-state index contributed by atoms with van der Waals surface area (Å²) in [5, 5.41) is 9.64. The number of hydrogen-bond acceptors (Lipinski definition) is 6. The molecule has 0 bridgehead atoms. The van der Waals surface area contributed by atoms with Gasteiger partial charge in [-0.1, -0.05) is 53.2 Å². The van der Waals surface area contributed by atoms with Crippen molar-refractivity contribution in [1.82, 2.24) is 10.2 Å². The third-order valence-electron chi connectivity index (χ3n) is 3.55. The summed E-state index contributed by atoms with van der Waals surface area (Å²) in [6, 6.07) is 13.0. The number of thioether (sulfide) groups is 1. The fourth-order valence-electron chi connectivity index (χ4n) is 2.32. The van der Waals surface area contributed by atoms with Gasteiger partial charge in [0.15, 0.2) is 11.5 Å². The molecule has 1 unspecified atom stereocenters. The molecule has 5 nitrogen and oxygen atoms in total. The molecule has 0 radical (unpaired) electrons. The van der Waals surface area contributed by atoms with E-state index in [0.29, 0.717) is 45.0 Å². The standard InChI is InChI=1S/C17H12Cl2N2O3S/c18-11-6-5-10(7-12(11)19)9-25-17-21-20-16(24-17)15-8-22-13-3-1-2-4-14(13)23-15/h1-7,15H,8-9H2. The van der Waals surface area contributed by atoms with Crippen LogP contribution in [-0.2, 0) is 5.75 Å². The highest BCUT2D eigenvalue weighted by Gasteiger charge is 2.27. The van der Waals surface area contributed by atoms with Gasteiger partial charge in [0.05, 0.1) is 10.0 Å². The Hall–Kier alpha value is -1.89. The smallest absolute Gasteiger partial charge is 0.277 e. The Balaban J connectivity index is 1.41. The summed E-state index contributed by atoms with van der Waals surface area (Å²) < 4.78 is 17.2. The van der Waals surface area contributed by atoms with Gasteiger partial charge in [-0.05, 0) is 29.8 Å². The second-order valence-corrected chi connectivity index (χ2v) is 7.05. The van der Waals surface area contributed by atoms with Gasteiger partial charge in [-0.3, -0.25) is 0 Å². The van der Waals surface area contributed by atoms with Crippen LogP contribution in [0.1, 0.15) is 17.6 Å². The fourth-order valence-corrected chi connectivity index (χ4v) is 3.36. The Bertz CT molecular complexity index is 903. The number of para-hydroxylation sites is 2. The first-order valence-electron chi connectivity index (χ1n) is 7.47. The van der Waals surface area contributed by atoms with E-state index in [1.165, 1.54) is 11.8 Å². The number of rotatable bonds is 4. The van der Waals surface area contributed by atoms with E-state index in [0.717, 1.165) is 5.56 Å². The van der Waals surface area contributed by atoms with E-state index >= 15 is 0 Å². The lowest BCUT2D eigenvalue weighted by Crippen LogP contribution is -2.21. The first kappa shape index (κ1) is 16.6. The summed E-state index contributed by atoms with van der Waals surface area (Å²) in [6.45, 7) is 0.329. The zero-order chi connectivity index (χ0) is 17.2. The molecule has 0 aliphatic carbocycles. The number of ether oxygens (including phenoxy) is 2. The van der Waals surface area contributed by atoms with Gasteiger partial charge in [0.1, 0.15) is 6.61 Å². The lowest BCUT2D eigenvalue weighted by Gasteiger charge is -2.23. The number of aromatic nitrogens is 2. The maximum atomic E-state index is 6.02. The van der Waals surface area contributed by atoms with Gasteiger partial charge >= 0.3 is 0 Å². The van der Waals surface area contributed by atoms with E-state index in [4.69, 9.17) is 37.1 Å². The maximum absolute atomic E-state index is 6.02. The summed E-state index contributed by atoms with van der Waals surface area (Å²) in [6.07, 6.45) is -0.415. The van der Waals surface area contributed by atoms with Crippen LogP contribution in [0.3, 0.4) is 0 Å². The maximum Gasteiger partial charge on any atom is 0.277 e. The minimum Gasteiger partial charge on any atom is -0.485 e. The molecule has 3 aromatic rings. The van der Waals surface area contributed by atoms with Crippen LogP contribution in [0, 0.1) is 0 Å². The predicted octanol–water partition coefficient (Wildman–Crippen LogP) is 5.18. The van der Waals surface area contributed by atoms with Crippen LogP contribution in [0.4, 0.5) is 0 Å². The lowest BCUT2D eigenvalue weighted by molar-refractivity contribution is 0.0686.